The maximum Gasteiger partial charge on any atom is 0.408 e. The van der Waals surface area contributed by atoms with Crippen LogP contribution in [0.5, 0.6) is 0 Å². The SMILES string of the molecule is [C-]#[N+]c1cccc(C[C@@](/C=C/C(=O)OC(C)(C)C)(NC(=O)OC(C)(C)C)C(=O)NCC(=O)NCc2ccc(C#N)s2)c1. The van der Waals surface area contributed by atoms with Gasteiger partial charge in [0.1, 0.15) is 27.7 Å². The fraction of sp³-hybridized carbons (Fsp3) is 0.400. The molecular weight excluding hydrogens is 558 g/mol. The molecule has 0 saturated carbocycles. The highest BCUT2D eigenvalue weighted by atomic mass is 32.1. The van der Waals surface area contributed by atoms with Crippen molar-refractivity contribution in [3.63, 3.8) is 0 Å². The largest absolute Gasteiger partial charge is 0.457 e. The monoisotopic (exact) mass is 593 g/mol. The highest BCUT2D eigenvalue weighted by Crippen LogP contribution is 2.22. The van der Waals surface area contributed by atoms with E-state index in [4.69, 9.17) is 21.3 Å². The van der Waals surface area contributed by atoms with Gasteiger partial charge in [0.05, 0.1) is 19.7 Å². The number of esters is 1. The van der Waals surface area contributed by atoms with E-state index < -0.39 is 47.2 Å². The predicted octanol–water partition coefficient (Wildman–Crippen LogP) is 4.31. The summed E-state index contributed by atoms with van der Waals surface area (Å²) in [6, 6.07) is 11.8. The van der Waals surface area contributed by atoms with E-state index in [2.05, 4.69) is 20.8 Å². The number of ether oxygens (including phenoxy) is 2. The summed E-state index contributed by atoms with van der Waals surface area (Å²) in [5.74, 6) is -2.09. The van der Waals surface area contributed by atoms with Gasteiger partial charge in [0, 0.05) is 17.4 Å². The molecule has 1 heterocycles. The second-order valence-corrected chi connectivity index (χ2v) is 12.4. The van der Waals surface area contributed by atoms with Crippen LogP contribution in [0.3, 0.4) is 0 Å². The molecule has 2 rings (SSSR count). The smallest absolute Gasteiger partial charge is 0.408 e. The number of nitrogens with zero attached hydrogens (tertiary/aromatic N) is 2. The predicted molar refractivity (Wildman–Crippen MR) is 157 cm³/mol. The Hall–Kier alpha value is -4.68. The van der Waals surface area contributed by atoms with Gasteiger partial charge in [-0.1, -0.05) is 29.8 Å². The number of thiophene rings is 1. The van der Waals surface area contributed by atoms with Gasteiger partial charge in [-0.3, -0.25) is 9.59 Å². The van der Waals surface area contributed by atoms with E-state index in [1.165, 1.54) is 17.4 Å². The van der Waals surface area contributed by atoms with Crippen molar-refractivity contribution < 1.29 is 28.7 Å². The first kappa shape index (κ1) is 33.5. The Balaban J connectivity index is 2.40. The van der Waals surface area contributed by atoms with Gasteiger partial charge in [-0.25, -0.2) is 14.4 Å². The highest BCUT2D eigenvalue weighted by molar-refractivity contribution is 7.12. The molecule has 1 atom stereocenters. The molecule has 2 aromatic rings. The van der Waals surface area contributed by atoms with E-state index in [1.54, 1.807) is 77.9 Å². The van der Waals surface area contributed by atoms with Crippen LogP contribution in [-0.2, 0) is 36.8 Å². The van der Waals surface area contributed by atoms with Gasteiger partial charge in [-0.05, 0) is 59.8 Å². The minimum absolute atomic E-state index is 0.157. The number of nitriles is 1. The summed E-state index contributed by atoms with van der Waals surface area (Å²) in [7, 11) is 0. The zero-order valence-electron chi connectivity index (χ0n) is 24.5. The lowest BCUT2D eigenvalue weighted by molar-refractivity contribution is -0.148. The van der Waals surface area contributed by atoms with Crippen molar-refractivity contribution in [1.82, 2.24) is 16.0 Å². The Morgan fingerprint density at radius 2 is 1.71 bits per heavy atom. The fourth-order valence-corrected chi connectivity index (χ4v) is 4.29. The molecule has 0 aliphatic heterocycles. The Kier molecular flexibility index (Phi) is 11.4. The summed E-state index contributed by atoms with van der Waals surface area (Å²) in [6.45, 7) is 17.1. The standard InChI is InChI=1S/C30H35N5O6S/c1-28(2,3)40-25(37)13-14-30(35-27(39)41-29(4,5)6,16-20-9-8-10-21(15-20)32-7)26(38)34-19-24(36)33-18-23-12-11-22(17-31)42-23/h8-15H,16,18-19H2,1-6H3,(H,33,36)(H,34,38)(H,35,39)/b14-13+/t30-/m1/s1. The van der Waals surface area contributed by atoms with Crippen molar-refractivity contribution in [2.45, 2.75) is 71.2 Å². The van der Waals surface area contributed by atoms with Crippen molar-refractivity contribution in [3.05, 3.63) is 75.3 Å². The third-order valence-electron chi connectivity index (χ3n) is 5.20. The minimum atomic E-state index is -1.92. The van der Waals surface area contributed by atoms with Gasteiger partial charge in [-0.15, -0.1) is 11.3 Å². The molecule has 0 fully saturated rings. The molecule has 1 aromatic heterocycles. The van der Waals surface area contributed by atoms with Crippen LogP contribution in [0.4, 0.5) is 10.5 Å². The normalized spacial score (nSPS) is 12.8. The molecule has 0 radical (unpaired) electrons. The maximum atomic E-state index is 13.8. The fourth-order valence-electron chi connectivity index (χ4n) is 3.55. The Morgan fingerprint density at radius 3 is 2.31 bits per heavy atom. The molecular formula is C30H35N5O6S. The average Bonchev–Trinajstić information content (AvgIpc) is 3.35. The van der Waals surface area contributed by atoms with Crippen molar-refractivity contribution in [3.8, 4) is 6.07 Å². The van der Waals surface area contributed by atoms with Gasteiger partial charge in [-0.2, -0.15) is 5.26 Å². The van der Waals surface area contributed by atoms with E-state index in [0.717, 1.165) is 11.0 Å². The lowest BCUT2D eigenvalue weighted by atomic mass is 9.88. The molecule has 0 saturated heterocycles. The second kappa shape index (κ2) is 14.3. The molecule has 0 aliphatic carbocycles. The molecule has 0 aliphatic rings. The first-order valence-corrected chi connectivity index (χ1v) is 13.8. The zero-order chi connectivity index (χ0) is 31.6. The average molecular weight is 594 g/mol. The van der Waals surface area contributed by atoms with E-state index in [1.807, 2.05) is 6.07 Å². The van der Waals surface area contributed by atoms with Crippen molar-refractivity contribution in [2.24, 2.45) is 0 Å². The van der Waals surface area contributed by atoms with Crippen LogP contribution in [-0.4, -0.2) is 47.2 Å². The number of rotatable bonds is 10. The Labute approximate surface area is 249 Å². The zero-order valence-corrected chi connectivity index (χ0v) is 25.3. The molecule has 3 N–H and O–H groups in total. The van der Waals surface area contributed by atoms with Crippen LogP contribution in [0.1, 0.15) is 56.9 Å². The van der Waals surface area contributed by atoms with Gasteiger partial charge in [0.25, 0.3) is 5.91 Å². The summed E-state index contributed by atoms with van der Waals surface area (Å²) in [6.07, 6.45) is 1.10. The number of carbonyl (C=O) groups excluding carboxylic acids is 4. The van der Waals surface area contributed by atoms with E-state index in [-0.39, 0.29) is 13.0 Å². The molecule has 0 unspecified atom stereocenters. The quantitative estimate of drug-likeness (QED) is 0.211. The van der Waals surface area contributed by atoms with Gasteiger partial charge >= 0.3 is 12.1 Å². The summed E-state index contributed by atoms with van der Waals surface area (Å²) < 4.78 is 10.8. The summed E-state index contributed by atoms with van der Waals surface area (Å²) in [5.41, 5.74) is -2.83. The van der Waals surface area contributed by atoms with Gasteiger partial charge in [0.15, 0.2) is 5.69 Å². The van der Waals surface area contributed by atoms with Crippen LogP contribution in [0, 0.1) is 17.9 Å². The van der Waals surface area contributed by atoms with Crippen LogP contribution in [0.2, 0.25) is 0 Å². The van der Waals surface area contributed by atoms with Crippen molar-refractivity contribution in [1.29, 1.82) is 5.26 Å². The number of hydrogen-bond acceptors (Lipinski definition) is 8. The lowest BCUT2D eigenvalue weighted by Crippen LogP contribution is -2.60. The summed E-state index contributed by atoms with van der Waals surface area (Å²) >= 11 is 1.23. The molecule has 11 nitrogen and oxygen atoms in total. The lowest BCUT2D eigenvalue weighted by Gasteiger charge is -2.32. The Morgan fingerprint density at radius 1 is 1.02 bits per heavy atom. The topological polar surface area (TPSA) is 151 Å². The number of nitrogens with one attached hydrogen (secondary N) is 3. The third-order valence-corrected chi connectivity index (χ3v) is 6.19. The van der Waals surface area contributed by atoms with Gasteiger partial charge < -0.3 is 25.4 Å². The summed E-state index contributed by atoms with van der Waals surface area (Å²) in [5, 5.41) is 16.8. The Bertz CT molecular complexity index is 1420. The van der Waals surface area contributed by atoms with E-state index in [9.17, 15) is 19.2 Å². The molecule has 222 valence electrons. The first-order chi connectivity index (χ1) is 19.5. The molecule has 0 bridgehead atoms. The summed E-state index contributed by atoms with van der Waals surface area (Å²) in [4.78, 5) is 56.6. The second-order valence-electron chi connectivity index (χ2n) is 11.3. The number of carbonyl (C=O) groups is 4. The van der Waals surface area contributed by atoms with Crippen LogP contribution < -0.4 is 16.0 Å². The highest BCUT2D eigenvalue weighted by Gasteiger charge is 2.40. The molecule has 12 heteroatoms. The van der Waals surface area contributed by atoms with Crippen LogP contribution in [0.15, 0.2) is 48.6 Å². The molecule has 42 heavy (non-hydrogen) atoms. The molecule has 1 aromatic carbocycles. The molecule has 3 amide bonds. The first-order valence-electron chi connectivity index (χ1n) is 13.0. The minimum Gasteiger partial charge on any atom is -0.457 e. The third kappa shape index (κ3) is 11.4. The van der Waals surface area contributed by atoms with Crippen molar-refractivity contribution in [2.75, 3.05) is 6.54 Å². The molecule has 0 spiro atoms. The van der Waals surface area contributed by atoms with E-state index in [0.29, 0.717) is 16.1 Å². The van der Waals surface area contributed by atoms with E-state index >= 15 is 0 Å². The van der Waals surface area contributed by atoms with Crippen LogP contribution in [0.25, 0.3) is 4.85 Å². The van der Waals surface area contributed by atoms with Crippen molar-refractivity contribution >= 4 is 40.9 Å². The number of amides is 3. The number of benzene rings is 1. The number of hydrogen-bond donors (Lipinski definition) is 3. The maximum absolute atomic E-state index is 13.8. The van der Waals surface area contributed by atoms with Crippen LogP contribution >= 0.6 is 11.3 Å². The van der Waals surface area contributed by atoms with Gasteiger partial charge in [0.2, 0.25) is 5.91 Å². The number of alkyl carbamates (subject to hydrolysis) is 1.